The van der Waals surface area contributed by atoms with Gasteiger partial charge < -0.3 is 14.5 Å². The molecule has 0 saturated carbocycles. The van der Waals surface area contributed by atoms with Crippen LogP contribution in [-0.2, 0) is 4.74 Å². The molecule has 13 heteroatoms. The van der Waals surface area contributed by atoms with Crippen molar-refractivity contribution in [3.63, 3.8) is 0 Å². The number of imidazole rings is 1. The second kappa shape index (κ2) is 9.60. The number of ether oxygens (including phenoxy) is 1. The highest BCUT2D eigenvalue weighted by Crippen LogP contribution is 2.33. The van der Waals surface area contributed by atoms with Gasteiger partial charge in [-0.25, -0.2) is 9.37 Å². The molecule has 0 unspecified atom stereocenters. The average molecular weight is 496 g/mol. The maximum atomic E-state index is 15.1. The van der Waals surface area contributed by atoms with Crippen LogP contribution in [0.1, 0.15) is 18.2 Å². The number of nitrogens with zero attached hydrogens (tertiary/aromatic N) is 9. The van der Waals surface area contributed by atoms with Crippen LogP contribution in [-0.4, -0.2) is 53.3 Å². The van der Waals surface area contributed by atoms with Crippen molar-refractivity contribution >= 4 is 11.6 Å². The zero-order valence-electron chi connectivity index (χ0n) is 18.4. The van der Waals surface area contributed by atoms with Gasteiger partial charge in [0.1, 0.15) is 12.4 Å². The summed E-state index contributed by atoms with van der Waals surface area (Å²) >= 11 is 6.05. The molecule has 0 aliphatic carbocycles. The largest absolute Gasteiger partial charge is 0.618 e. The molecule has 5 rings (SSSR count). The first-order chi connectivity index (χ1) is 17.1. The van der Waals surface area contributed by atoms with Crippen molar-refractivity contribution in [3.05, 3.63) is 89.6 Å². The Morgan fingerprint density at radius 3 is 2.83 bits per heavy atom. The maximum absolute atomic E-state index is 15.1. The smallest absolute Gasteiger partial charge is 0.217 e. The lowest BCUT2D eigenvalue weighted by Crippen LogP contribution is -2.36. The monoisotopic (exact) mass is 495 g/mol. The van der Waals surface area contributed by atoms with Crippen molar-refractivity contribution in [3.8, 4) is 22.5 Å². The molecule has 0 radical (unpaired) electrons. The number of pyridine rings is 1. The fourth-order valence-electron chi connectivity index (χ4n) is 3.86. The number of hydrogen-bond donors (Lipinski definition) is 0. The van der Waals surface area contributed by atoms with Crippen LogP contribution < -0.4 is 4.73 Å². The molecule has 0 bridgehead atoms. The summed E-state index contributed by atoms with van der Waals surface area (Å²) in [5.41, 5.74) is 1.98. The van der Waals surface area contributed by atoms with E-state index in [4.69, 9.17) is 16.3 Å². The Kier molecular flexibility index (Phi) is 6.21. The van der Waals surface area contributed by atoms with Gasteiger partial charge in [0.2, 0.25) is 5.69 Å². The topological polar surface area (TPSA) is 115 Å². The summed E-state index contributed by atoms with van der Waals surface area (Å²) in [6.45, 7) is 0.402. The van der Waals surface area contributed by atoms with Gasteiger partial charge in [-0.2, -0.15) is 14.5 Å². The Balaban J connectivity index is 1.56. The summed E-state index contributed by atoms with van der Waals surface area (Å²) < 4.78 is 25.9. The van der Waals surface area contributed by atoms with Gasteiger partial charge in [0.15, 0.2) is 12.0 Å². The summed E-state index contributed by atoms with van der Waals surface area (Å²) in [6, 6.07) is 5.87. The Labute approximate surface area is 203 Å². The number of aromatic nitrogens is 9. The first-order valence-electron chi connectivity index (χ1n) is 10.5. The summed E-state index contributed by atoms with van der Waals surface area (Å²) in [6.07, 6.45) is 11.8. The molecule has 178 valence electrons. The summed E-state index contributed by atoms with van der Waals surface area (Å²) in [5.74, 6) is -0.680. The summed E-state index contributed by atoms with van der Waals surface area (Å²) in [5, 5.41) is 28.7. The second-order valence-electron chi connectivity index (χ2n) is 7.62. The van der Waals surface area contributed by atoms with E-state index in [9.17, 15) is 5.21 Å². The van der Waals surface area contributed by atoms with Gasteiger partial charge in [0.05, 0.1) is 40.0 Å². The first-order valence-corrected chi connectivity index (χ1v) is 10.9. The molecule has 1 atom stereocenters. The van der Waals surface area contributed by atoms with Gasteiger partial charge in [-0.3, -0.25) is 4.68 Å². The van der Waals surface area contributed by atoms with Crippen LogP contribution in [0.4, 0.5) is 4.39 Å². The standard InChI is InChI=1S/C22H19ClFN9O2/c1-35-9-6-18(31-12-16(10-27-31)30-8-7-25-13-30)19-4-2-15(11-33(19)34)21-20(32-14-26-28-29-32)5-3-17(23)22(21)24/h2-5,7-8,10-14,18H,6,9H2,1H3/t18-/m0/s1. The van der Waals surface area contributed by atoms with Crippen molar-refractivity contribution in [1.29, 1.82) is 0 Å². The Morgan fingerprint density at radius 2 is 2.11 bits per heavy atom. The second-order valence-corrected chi connectivity index (χ2v) is 8.03. The third-order valence-corrected chi connectivity index (χ3v) is 5.84. The van der Waals surface area contributed by atoms with E-state index in [1.165, 1.54) is 23.3 Å². The molecule has 0 spiro atoms. The predicted molar refractivity (Wildman–Crippen MR) is 122 cm³/mol. The molecule has 0 saturated heterocycles. The maximum Gasteiger partial charge on any atom is 0.217 e. The average Bonchev–Trinajstić information content (AvgIpc) is 3.64. The van der Waals surface area contributed by atoms with Gasteiger partial charge in [-0.1, -0.05) is 11.6 Å². The highest BCUT2D eigenvalue weighted by Gasteiger charge is 2.25. The van der Waals surface area contributed by atoms with Crippen molar-refractivity contribution in [1.82, 2.24) is 39.5 Å². The number of halogens is 2. The molecule has 0 N–H and O–H groups in total. The van der Waals surface area contributed by atoms with E-state index in [-0.39, 0.29) is 10.6 Å². The molecule has 5 aromatic rings. The lowest BCUT2D eigenvalue weighted by Gasteiger charge is -2.18. The number of methoxy groups -OCH3 is 1. The van der Waals surface area contributed by atoms with Gasteiger partial charge in [-0.05, 0) is 28.6 Å². The number of hydrogen-bond acceptors (Lipinski definition) is 7. The fourth-order valence-corrected chi connectivity index (χ4v) is 4.02. The molecule has 0 aliphatic rings. The SMILES string of the molecule is COCC[C@@H](c1ccc(-c2c(-n3cnnn3)ccc(Cl)c2F)c[n+]1[O-])n1cc(-n2ccnc2)cn1. The van der Waals surface area contributed by atoms with E-state index in [1.807, 2.05) is 10.8 Å². The van der Waals surface area contributed by atoms with E-state index < -0.39 is 11.9 Å². The highest BCUT2D eigenvalue weighted by atomic mass is 35.5. The lowest BCUT2D eigenvalue weighted by atomic mass is 10.0. The predicted octanol–water partition coefficient (Wildman–Crippen LogP) is 2.76. The van der Waals surface area contributed by atoms with Crippen molar-refractivity contribution < 1.29 is 13.9 Å². The minimum absolute atomic E-state index is 0.0834. The summed E-state index contributed by atoms with van der Waals surface area (Å²) in [7, 11) is 1.59. The van der Waals surface area contributed by atoms with Crippen LogP contribution in [0.5, 0.6) is 0 Å². The molecule has 11 nitrogen and oxygen atoms in total. The van der Waals surface area contributed by atoms with Gasteiger partial charge in [0, 0.05) is 44.8 Å². The van der Waals surface area contributed by atoms with Crippen molar-refractivity contribution in [2.75, 3.05) is 13.7 Å². The summed E-state index contributed by atoms with van der Waals surface area (Å²) in [4.78, 5) is 4.05. The zero-order chi connectivity index (χ0) is 24.4. The van der Waals surface area contributed by atoms with E-state index in [2.05, 4.69) is 25.6 Å². The Bertz CT molecular complexity index is 1440. The molecular weight excluding hydrogens is 477 g/mol. The number of tetrazole rings is 1. The van der Waals surface area contributed by atoms with E-state index >= 15 is 4.39 Å². The van der Waals surface area contributed by atoms with Crippen LogP contribution in [0.3, 0.4) is 0 Å². The fraction of sp³-hybridized carbons (Fsp3) is 0.182. The molecule has 4 heterocycles. The van der Waals surface area contributed by atoms with Crippen molar-refractivity contribution in [2.24, 2.45) is 0 Å². The third kappa shape index (κ3) is 4.36. The Morgan fingerprint density at radius 1 is 1.23 bits per heavy atom. The van der Waals surface area contributed by atoms with Crippen LogP contribution >= 0.6 is 11.6 Å². The molecule has 0 amide bonds. The zero-order valence-corrected chi connectivity index (χ0v) is 19.2. The van der Waals surface area contributed by atoms with Crippen LogP contribution in [0.15, 0.2) is 67.9 Å². The molecule has 0 aliphatic heterocycles. The van der Waals surface area contributed by atoms with Gasteiger partial charge in [-0.15, -0.1) is 5.10 Å². The highest BCUT2D eigenvalue weighted by molar-refractivity contribution is 6.31. The van der Waals surface area contributed by atoms with E-state index in [0.717, 1.165) is 5.69 Å². The molecule has 1 aromatic carbocycles. The molecule has 0 fully saturated rings. The molecule has 4 aromatic heterocycles. The van der Waals surface area contributed by atoms with Crippen LogP contribution in [0.2, 0.25) is 5.02 Å². The Hall–Kier alpha value is -4.16. The third-order valence-electron chi connectivity index (χ3n) is 5.55. The van der Waals surface area contributed by atoms with E-state index in [1.54, 1.807) is 54.9 Å². The minimum Gasteiger partial charge on any atom is -0.618 e. The minimum atomic E-state index is -0.680. The van der Waals surface area contributed by atoms with Gasteiger partial charge in [0.25, 0.3) is 0 Å². The number of rotatable bonds is 8. The number of benzene rings is 1. The van der Waals surface area contributed by atoms with E-state index in [0.29, 0.717) is 34.7 Å². The van der Waals surface area contributed by atoms with Crippen LogP contribution in [0.25, 0.3) is 22.5 Å². The quantitative estimate of drug-likeness (QED) is 0.240. The normalized spacial score (nSPS) is 12.2. The lowest BCUT2D eigenvalue weighted by molar-refractivity contribution is -0.615. The van der Waals surface area contributed by atoms with Crippen molar-refractivity contribution in [2.45, 2.75) is 12.5 Å². The van der Waals surface area contributed by atoms with Crippen LogP contribution in [0, 0.1) is 11.0 Å². The first kappa shape index (κ1) is 22.6. The van der Waals surface area contributed by atoms with Gasteiger partial charge >= 0.3 is 0 Å². The molecule has 35 heavy (non-hydrogen) atoms. The molecular formula is C22H19ClFN9O2.